The van der Waals surface area contributed by atoms with Crippen molar-refractivity contribution in [3.05, 3.63) is 17.9 Å². The third kappa shape index (κ3) is 2.60. The Hall–Kier alpha value is -2.16. The van der Waals surface area contributed by atoms with Crippen molar-refractivity contribution >= 4 is 35.1 Å². The molecule has 1 aromatic rings. The summed E-state index contributed by atoms with van der Waals surface area (Å²) in [5.41, 5.74) is 0.236. The van der Waals surface area contributed by atoms with Gasteiger partial charge in [-0.05, 0) is 25.7 Å². The predicted octanol–water partition coefficient (Wildman–Crippen LogP) is 3.05. The number of carbonyl (C=O) groups excluding carboxylic acids is 2. The van der Waals surface area contributed by atoms with Gasteiger partial charge in [0.1, 0.15) is 24.2 Å². The van der Waals surface area contributed by atoms with Gasteiger partial charge in [0.2, 0.25) is 5.91 Å². The molecular formula is C23H26FN3O4S. The van der Waals surface area contributed by atoms with Gasteiger partial charge in [0.25, 0.3) is 0 Å². The Labute approximate surface area is 190 Å². The monoisotopic (exact) mass is 459 g/mol. The molecule has 1 aromatic carbocycles. The summed E-state index contributed by atoms with van der Waals surface area (Å²) in [7, 11) is 0. The maximum atomic E-state index is 15.4. The van der Waals surface area contributed by atoms with Gasteiger partial charge in [-0.2, -0.15) is 11.8 Å². The summed E-state index contributed by atoms with van der Waals surface area (Å²) in [6.07, 6.45) is 5.22. The van der Waals surface area contributed by atoms with Gasteiger partial charge in [-0.3, -0.25) is 9.69 Å². The minimum Gasteiger partial charge on any atom is -0.489 e. The van der Waals surface area contributed by atoms with Crippen molar-refractivity contribution in [2.75, 3.05) is 27.9 Å². The van der Waals surface area contributed by atoms with Crippen LogP contribution in [0.4, 0.5) is 20.6 Å². The SMILES string of the molecule is O=C(NC1CC12OC(=O)N1c3cc(F)c(N4C5CCC4CSC5)cc3OC[C@H]12)C1CCC1. The van der Waals surface area contributed by atoms with Gasteiger partial charge in [0.15, 0.2) is 5.60 Å². The van der Waals surface area contributed by atoms with Crippen LogP contribution in [0.3, 0.4) is 0 Å². The van der Waals surface area contributed by atoms with Gasteiger partial charge in [0.05, 0.1) is 17.4 Å². The molecule has 9 heteroatoms. The summed E-state index contributed by atoms with van der Waals surface area (Å²) in [6.45, 7) is 0.280. The maximum Gasteiger partial charge on any atom is 0.415 e. The van der Waals surface area contributed by atoms with E-state index >= 15 is 4.39 Å². The number of thioether (sulfide) groups is 1. The van der Waals surface area contributed by atoms with E-state index in [1.807, 2.05) is 11.8 Å². The molecule has 4 heterocycles. The quantitative estimate of drug-likeness (QED) is 0.749. The highest BCUT2D eigenvalue weighted by molar-refractivity contribution is 7.99. The first-order chi connectivity index (χ1) is 15.5. The number of fused-ring (bicyclic) bond motifs is 6. The Balaban J connectivity index is 1.16. The van der Waals surface area contributed by atoms with Crippen LogP contribution in [0.5, 0.6) is 5.75 Å². The average Bonchev–Trinajstić information content (AvgIpc) is 3.23. The summed E-state index contributed by atoms with van der Waals surface area (Å²) >= 11 is 1.94. The predicted molar refractivity (Wildman–Crippen MR) is 118 cm³/mol. The number of amides is 2. The molecule has 4 unspecified atom stereocenters. The number of nitrogens with one attached hydrogen (secondary N) is 1. The number of benzene rings is 1. The molecule has 1 spiro atoms. The fourth-order valence-electron chi connectivity index (χ4n) is 6.21. The molecule has 2 amide bonds. The lowest BCUT2D eigenvalue weighted by atomic mass is 9.85. The van der Waals surface area contributed by atoms with Crippen molar-refractivity contribution in [2.45, 2.75) is 68.3 Å². The number of anilines is 2. The molecule has 5 atom stereocenters. The van der Waals surface area contributed by atoms with E-state index in [0.717, 1.165) is 43.6 Å². The number of ether oxygens (including phenoxy) is 2. The third-order valence-corrected chi connectivity index (χ3v) is 9.54. The zero-order chi connectivity index (χ0) is 21.6. The maximum absolute atomic E-state index is 15.4. The normalized spacial score (nSPS) is 36.8. The number of rotatable bonds is 3. The number of hydrogen-bond acceptors (Lipinski definition) is 6. The highest BCUT2D eigenvalue weighted by atomic mass is 32.2. The average molecular weight is 460 g/mol. The van der Waals surface area contributed by atoms with Gasteiger partial charge in [-0.1, -0.05) is 6.42 Å². The molecule has 5 fully saturated rings. The topological polar surface area (TPSA) is 71.1 Å². The summed E-state index contributed by atoms with van der Waals surface area (Å²) in [5.74, 6) is 2.38. The largest absolute Gasteiger partial charge is 0.489 e. The summed E-state index contributed by atoms with van der Waals surface area (Å²) in [5, 5.41) is 3.07. The molecule has 0 radical (unpaired) electrons. The van der Waals surface area contributed by atoms with Crippen molar-refractivity contribution in [1.29, 1.82) is 0 Å². The first-order valence-corrected chi connectivity index (χ1v) is 12.9. The van der Waals surface area contributed by atoms with Gasteiger partial charge < -0.3 is 19.7 Å². The first kappa shape index (κ1) is 19.3. The molecule has 0 aromatic heterocycles. The van der Waals surface area contributed by atoms with E-state index < -0.39 is 11.7 Å². The second kappa shape index (κ2) is 6.68. The van der Waals surface area contributed by atoms with Crippen LogP contribution in [0.1, 0.15) is 38.5 Å². The van der Waals surface area contributed by atoms with Crippen LogP contribution in [0.25, 0.3) is 0 Å². The van der Waals surface area contributed by atoms with Gasteiger partial charge >= 0.3 is 6.09 Å². The smallest absolute Gasteiger partial charge is 0.415 e. The van der Waals surface area contributed by atoms with E-state index in [-0.39, 0.29) is 36.3 Å². The molecule has 32 heavy (non-hydrogen) atoms. The number of carbonyl (C=O) groups is 2. The first-order valence-electron chi connectivity index (χ1n) is 11.7. The third-order valence-electron chi connectivity index (χ3n) is 8.30. The van der Waals surface area contributed by atoms with Crippen LogP contribution in [-0.2, 0) is 9.53 Å². The second-order valence-corrected chi connectivity index (χ2v) is 11.1. The lowest BCUT2D eigenvalue weighted by molar-refractivity contribution is -0.127. The fraction of sp³-hybridized carbons (Fsp3) is 0.652. The Kier molecular flexibility index (Phi) is 4.03. The summed E-state index contributed by atoms with van der Waals surface area (Å²) < 4.78 is 27.3. The molecule has 2 aliphatic carbocycles. The molecular weight excluding hydrogens is 433 g/mol. The van der Waals surface area contributed by atoms with Crippen LogP contribution in [-0.4, -0.2) is 59.9 Å². The molecule has 1 N–H and O–H groups in total. The van der Waals surface area contributed by atoms with Crippen LogP contribution < -0.4 is 19.9 Å². The van der Waals surface area contributed by atoms with Crippen molar-refractivity contribution in [3.63, 3.8) is 0 Å². The molecule has 2 bridgehead atoms. The minimum absolute atomic E-state index is 0.0507. The lowest BCUT2D eigenvalue weighted by Gasteiger charge is -2.38. The summed E-state index contributed by atoms with van der Waals surface area (Å²) in [4.78, 5) is 29.0. The van der Waals surface area contributed by atoms with Crippen molar-refractivity contribution in [1.82, 2.24) is 5.32 Å². The van der Waals surface area contributed by atoms with Crippen LogP contribution in [0.15, 0.2) is 12.1 Å². The molecule has 170 valence electrons. The highest BCUT2D eigenvalue weighted by Crippen LogP contribution is 2.55. The number of halogens is 1. The Morgan fingerprint density at radius 2 is 1.94 bits per heavy atom. The highest BCUT2D eigenvalue weighted by Gasteiger charge is 2.71. The fourth-order valence-corrected chi connectivity index (χ4v) is 7.54. The molecule has 2 saturated carbocycles. The van der Waals surface area contributed by atoms with Crippen LogP contribution in [0, 0.1) is 11.7 Å². The van der Waals surface area contributed by atoms with E-state index in [0.29, 0.717) is 35.6 Å². The van der Waals surface area contributed by atoms with Gasteiger partial charge in [-0.25, -0.2) is 9.18 Å². The van der Waals surface area contributed by atoms with E-state index in [1.165, 1.54) is 6.07 Å². The second-order valence-electron chi connectivity index (χ2n) is 10.0. The standard InChI is InChI=1S/C23H26FN3O4S/c24-15-6-17-18(7-16(15)26-13-4-5-14(26)11-32-10-13)30-9-20-23(31-22(29)27(17)20)8-19(23)25-21(28)12-2-1-3-12/h6-7,12-14,19-20H,1-5,8-11H2,(H,25,28)/t13?,14?,19?,20-,23?/m0/s1. The molecule has 7 nitrogen and oxygen atoms in total. The van der Waals surface area contributed by atoms with Crippen LogP contribution >= 0.6 is 11.8 Å². The molecule has 4 aliphatic heterocycles. The molecule has 3 saturated heterocycles. The zero-order valence-electron chi connectivity index (χ0n) is 17.7. The Morgan fingerprint density at radius 3 is 2.66 bits per heavy atom. The summed E-state index contributed by atoms with van der Waals surface area (Å²) in [6, 6.07) is 3.35. The van der Waals surface area contributed by atoms with Crippen molar-refractivity contribution < 1.29 is 23.5 Å². The minimum atomic E-state index is -0.771. The molecule has 7 rings (SSSR count). The van der Waals surface area contributed by atoms with E-state index in [1.54, 1.807) is 11.0 Å². The Bertz CT molecular complexity index is 1000. The van der Waals surface area contributed by atoms with E-state index in [4.69, 9.17) is 9.47 Å². The van der Waals surface area contributed by atoms with Crippen LogP contribution in [0.2, 0.25) is 0 Å². The van der Waals surface area contributed by atoms with Gasteiger partial charge in [-0.15, -0.1) is 0 Å². The molecule has 6 aliphatic rings. The Morgan fingerprint density at radius 1 is 1.16 bits per heavy atom. The number of nitrogens with zero attached hydrogens (tertiary/aromatic N) is 2. The lowest BCUT2D eigenvalue weighted by Crippen LogP contribution is -2.49. The van der Waals surface area contributed by atoms with Gasteiger partial charge in [0, 0.05) is 48.1 Å². The number of hydrogen-bond donors (Lipinski definition) is 1. The van der Waals surface area contributed by atoms with Crippen molar-refractivity contribution in [3.8, 4) is 5.75 Å². The van der Waals surface area contributed by atoms with E-state index in [2.05, 4.69) is 10.2 Å². The van der Waals surface area contributed by atoms with Crippen molar-refractivity contribution in [2.24, 2.45) is 5.92 Å². The zero-order valence-corrected chi connectivity index (χ0v) is 18.5. The van der Waals surface area contributed by atoms with E-state index in [9.17, 15) is 9.59 Å².